The van der Waals surface area contributed by atoms with Gasteiger partial charge in [0.15, 0.2) is 0 Å². The van der Waals surface area contributed by atoms with Gasteiger partial charge < -0.3 is 24.1 Å². The minimum atomic E-state index is -0.720. The van der Waals surface area contributed by atoms with Gasteiger partial charge in [-0.1, -0.05) is 18.2 Å². The lowest BCUT2D eigenvalue weighted by Gasteiger charge is -2.33. The first-order valence-electron chi connectivity index (χ1n) is 7.81. The van der Waals surface area contributed by atoms with E-state index in [1.54, 1.807) is 12.0 Å². The second-order valence-electron chi connectivity index (χ2n) is 5.73. The van der Waals surface area contributed by atoms with E-state index in [9.17, 15) is 4.79 Å². The Balaban J connectivity index is 1.72. The Bertz CT molecular complexity index is 647. The Labute approximate surface area is 140 Å². The van der Waals surface area contributed by atoms with Crippen LogP contribution >= 0.6 is 0 Å². The fourth-order valence-electron chi connectivity index (χ4n) is 2.62. The third kappa shape index (κ3) is 3.74. The molecule has 1 fully saturated rings. The molecule has 7 nitrogen and oxygen atoms in total. The molecular weight excluding hydrogens is 310 g/mol. The average molecular weight is 331 g/mol. The van der Waals surface area contributed by atoms with E-state index in [0.717, 1.165) is 5.75 Å². The van der Waals surface area contributed by atoms with Crippen LogP contribution < -0.4 is 4.74 Å². The van der Waals surface area contributed by atoms with Crippen LogP contribution in [0.2, 0.25) is 0 Å². The second kappa shape index (κ2) is 7.46. The highest BCUT2D eigenvalue weighted by atomic mass is 16.6. The van der Waals surface area contributed by atoms with E-state index in [0.29, 0.717) is 38.6 Å². The van der Waals surface area contributed by atoms with Gasteiger partial charge in [0, 0.05) is 13.7 Å². The number of H-pyrrole nitrogens is 1. The topological polar surface area (TPSA) is 76.7 Å². The van der Waals surface area contributed by atoms with E-state index in [-0.39, 0.29) is 5.91 Å². The zero-order chi connectivity index (χ0) is 16.8. The monoisotopic (exact) mass is 331 g/mol. The Morgan fingerprint density at radius 2 is 2.25 bits per heavy atom. The normalized spacial score (nSPS) is 21.3. The molecule has 24 heavy (non-hydrogen) atoms. The molecule has 0 saturated carbocycles. The number of methoxy groups -OCH3 is 1. The first-order chi connectivity index (χ1) is 11.7. The summed E-state index contributed by atoms with van der Waals surface area (Å²) in [5.41, 5.74) is -0.270. The van der Waals surface area contributed by atoms with Gasteiger partial charge in [0.25, 0.3) is 5.91 Å². The number of benzene rings is 1. The van der Waals surface area contributed by atoms with Crippen LogP contribution in [-0.2, 0) is 9.47 Å². The van der Waals surface area contributed by atoms with Crippen molar-refractivity contribution in [3.05, 3.63) is 48.5 Å². The lowest BCUT2D eigenvalue weighted by molar-refractivity contribution is -0.0898. The third-order valence-electron chi connectivity index (χ3n) is 4.04. The number of hydrogen-bond donors (Lipinski definition) is 1. The summed E-state index contributed by atoms with van der Waals surface area (Å²) in [6, 6.07) is 9.51. The Hall–Kier alpha value is -2.38. The van der Waals surface area contributed by atoms with E-state index in [2.05, 4.69) is 9.97 Å². The lowest BCUT2D eigenvalue weighted by Crippen LogP contribution is -2.51. The van der Waals surface area contributed by atoms with Crippen LogP contribution in [0.5, 0.6) is 5.75 Å². The molecule has 1 aromatic carbocycles. The van der Waals surface area contributed by atoms with Gasteiger partial charge in [0.05, 0.1) is 32.3 Å². The molecule has 1 atom stereocenters. The summed E-state index contributed by atoms with van der Waals surface area (Å²) in [5.74, 6) is 0.628. The van der Waals surface area contributed by atoms with E-state index in [1.165, 1.54) is 12.5 Å². The highest BCUT2D eigenvalue weighted by molar-refractivity contribution is 5.92. The fourth-order valence-corrected chi connectivity index (χ4v) is 2.62. The molecule has 2 heterocycles. The van der Waals surface area contributed by atoms with Crippen LogP contribution in [0.15, 0.2) is 42.9 Å². The van der Waals surface area contributed by atoms with Gasteiger partial charge >= 0.3 is 0 Å². The largest absolute Gasteiger partial charge is 0.490 e. The fraction of sp³-hybridized carbons (Fsp3) is 0.412. The second-order valence-corrected chi connectivity index (χ2v) is 5.73. The number of hydrogen-bond acceptors (Lipinski definition) is 5. The van der Waals surface area contributed by atoms with E-state index < -0.39 is 5.60 Å². The van der Waals surface area contributed by atoms with Crippen LogP contribution in [0.4, 0.5) is 0 Å². The maximum absolute atomic E-state index is 12.6. The van der Waals surface area contributed by atoms with Crippen molar-refractivity contribution in [1.29, 1.82) is 0 Å². The van der Waals surface area contributed by atoms with Crippen LogP contribution in [0.1, 0.15) is 10.5 Å². The molecule has 0 spiro atoms. The van der Waals surface area contributed by atoms with Crippen molar-refractivity contribution in [3.63, 3.8) is 0 Å². The minimum Gasteiger partial charge on any atom is -0.490 e. The molecule has 3 rings (SSSR count). The number of carbonyl (C=O) groups excluding carboxylic acids is 1. The van der Waals surface area contributed by atoms with Gasteiger partial charge in [-0.05, 0) is 12.1 Å². The standard InChI is InChI=1S/C17H21N3O4/c1-22-17(12-24-14-5-3-2-4-6-14)10-20(7-8-23-11-17)16(21)15-9-18-13-19-15/h2-6,9,13H,7-8,10-12H2,1H3,(H,18,19)/t17-/m1/s1. The molecule has 0 radical (unpaired) electrons. The molecule has 1 aromatic heterocycles. The third-order valence-corrected chi connectivity index (χ3v) is 4.04. The van der Waals surface area contributed by atoms with Crippen LogP contribution in [0, 0.1) is 0 Å². The number of para-hydroxylation sites is 1. The number of ether oxygens (including phenoxy) is 3. The number of nitrogens with one attached hydrogen (secondary N) is 1. The molecule has 0 unspecified atom stereocenters. The number of nitrogens with zero attached hydrogens (tertiary/aromatic N) is 2. The Kier molecular flexibility index (Phi) is 5.12. The average Bonchev–Trinajstić information content (AvgIpc) is 3.08. The van der Waals surface area contributed by atoms with E-state index >= 15 is 0 Å². The van der Waals surface area contributed by atoms with E-state index in [4.69, 9.17) is 14.2 Å². The summed E-state index contributed by atoms with van der Waals surface area (Å²) in [7, 11) is 1.61. The zero-order valence-corrected chi connectivity index (χ0v) is 13.6. The number of amides is 1. The summed E-state index contributed by atoms with van der Waals surface area (Å²) < 4.78 is 17.2. The maximum atomic E-state index is 12.6. The number of rotatable bonds is 5. The summed E-state index contributed by atoms with van der Waals surface area (Å²) in [4.78, 5) is 21.0. The quantitative estimate of drug-likeness (QED) is 0.895. The smallest absolute Gasteiger partial charge is 0.272 e. The molecule has 1 amide bonds. The summed E-state index contributed by atoms with van der Waals surface area (Å²) >= 11 is 0. The number of imidazole rings is 1. The summed E-state index contributed by atoms with van der Waals surface area (Å²) in [6.07, 6.45) is 3.01. The van der Waals surface area contributed by atoms with Gasteiger partial charge in [-0.15, -0.1) is 0 Å². The highest BCUT2D eigenvalue weighted by Gasteiger charge is 2.38. The summed E-state index contributed by atoms with van der Waals surface area (Å²) in [5, 5.41) is 0. The van der Waals surface area contributed by atoms with Crippen molar-refractivity contribution < 1.29 is 19.0 Å². The van der Waals surface area contributed by atoms with Crippen molar-refractivity contribution in [2.45, 2.75) is 5.60 Å². The molecule has 1 N–H and O–H groups in total. The highest BCUT2D eigenvalue weighted by Crippen LogP contribution is 2.20. The molecule has 7 heteroatoms. The molecule has 2 aromatic rings. The van der Waals surface area contributed by atoms with E-state index in [1.807, 2.05) is 30.3 Å². The van der Waals surface area contributed by atoms with Gasteiger partial charge in [-0.3, -0.25) is 4.79 Å². The van der Waals surface area contributed by atoms with Gasteiger partial charge in [-0.25, -0.2) is 4.98 Å². The van der Waals surface area contributed by atoms with Crippen LogP contribution in [-0.4, -0.2) is 66.4 Å². The first kappa shape index (κ1) is 16.5. The van der Waals surface area contributed by atoms with Crippen LogP contribution in [0.3, 0.4) is 0 Å². The van der Waals surface area contributed by atoms with Crippen molar-refractivity contribution >= 4 is 5.91 Å². The SMILES string of the molecule is CO[C@@]1(COc2ccccc2)COCCN(C(=O)c2cnc[nH]2)C1. The van der Waals surface area contributed by atoms with Crippen LogP contribution in [0.25, 0.3) is 0 Å². The van der Waals surface area contributed by atoms with Gasteiger partial charge in [-0.2, -0.15) is 0 Å². The maximum Gasteiger partial charge on any atom is 0.272 e. The predicted molar refractivity (Wildman–Crippen MR) is 87.0 cm³/mol. The van der Waals surface area contributed by atoms with Gasteiger partial charge in [0.1, 0.15) is 23.7 Å². The predicted octanol–water partition coefficient (Wildman–Crippen LogP) is 1.35. The molecule has 1 aliphatic rings. The number of carbonyl (C=O) groups is 1. The molecule has 128 valence electrons. The first-order valence-corrected chi connectivity index (χ1v) is 7.81. The molecule has 1 saturated heterocycles. The zero-order valence-electron chi connectivity index (χ0n) is 13.6. The lowest BCUT2D eigenvalue weighted by atomic mass is 10.1. The summed E-state index contributed by atoms with van der Waals surface area (Å²) in [6.45, 7) is 1.99. The molecular formula is C17H21N3O4. The molecule has 1 aliphatic heterocycles. The van der Waals surface area contributed by atoms with Crippen molar-refractivity contribution in [3.8, 4) is 5.75 Å². The molecule has 0 aliphatic carbocycles. The van der Waals surface area contributed by atoms with Gasteiger partial charge in [0.2, 0.25) is 0 Å². The van der Waals surface area contributed by atoms with Crippen molar-refractivity contribution in [1.82, 2.24) is 14.9 Å². The molecule has 0 bridgehead atoms. The van der Waals surface area contributed by atoms with Crippen molar-refractivity contribution in [2.75, 3.05) is 40.0 Å². The number of aromatic amines is 1. The Morgan fingerprint density at radius 3 is 2.96 bits per heavy atom. The number of aromatic nitrogens is 2. The minimum absolute atomic E-state index is 0.126. The van der Waals surface area contributed by atoms with Crippen molar-refractivity contribution in [2.24, 2.45) is 0 Å². The Morgan fingerprint density at radius 1 is 1.42 bits per heavy atom.